The first-order chi connectivity index (χ1) is 9.62. The Morgan fingerprint density at radius 1 is 1.30 bits per heavy atom. The molecule has 4 nitrogen and oxygen atoms in total. The normalized spacial score (nSPS) is 11.8. The van der Waals surface area contributed by atoms with Crippen LogP contribution in [-0.2, 0) is 4.79 Å². The third-order valence-corrected chi connectivity index (χ3v) is 3.92. The van der Waals surface area contributed by atoms with Crippen molar-refractivity contribution < 1.29 is 14.3 Å². The average Bonchev–Trinajstić information content (AvgIpc) is 2.47. The van der Waals surface area contributed by atoms with E-state index in [1.165, 1.54) is 0 Å². The zero-order chi connectivity index (χ0) is 15.0. The Morgan fingerprint density at radius 2 is 2.00 bits per heavy atom. The quantitative estimate of drug-likeness (QED) is 0.563. The van der Waals surface area contributed by atoms with Crippen LogP contribution in [0.4, 0.5) is 5.69 Å². The zero-order valence-electron chi connectivity index (χ0n) is 11.6. The highest BCUT2D eigenvalue weighted by Crippen LogP contribution is 2.30. The van der Waals surface area contributed by atoms with Gasteiger partial charge in [0.1, 0.15) is 0 Å². The smallest absolute Gasteiger partial charge is 0.238 e. The van der Waals surface area contributed by atoms with Gasteiger partial charge in [0.2, 0.25) is 5.91 Å². The SMILES string of the molecule is COc1ccc(NC(=O)[C@@H](Br)CCCCCl)cc1OC. The molecule has 0 saturated carbocycles. The van der Waals surface area contributed by atoms with E-state index in [0.717, 1.165) is 19.3 Å². The van der Waals surface area contributed by atoms with Crippen molar-refractivity contribution in [1.29, 1.82) is 0 Å². The van der Waals surface area contributed by atoms with Crippen LogP contribution in [0.3, 0.4) is 0 Å². The molecule has 0 aliphatic heterocycles. The number of amides is 1. The molecule has 6 heteroatoms. The zero-order valence-corrected chi connectivity index (χ0v) is 14.0. The van der Waals surface area contributed by atoms with Gasteiger partial charge in [-0.2, -0.15) is 0 Å². The van der Waals surface area contributed by atoms with E-state index in [9.17, 15) is 4.79 Å². The molecule has 0 saturated heterocycles. The van der Waals surface area contributed by atoms with Crippen LogP contribution in [0.15, 0.2) is 18.2 Å². The van der Waals surface area contributed by atoms with Crippen molar-refractivity contribution in [2.24, 2.45) is 0 Å². The minimum absolute atomic E-state index is 0.0770. The highest BCUT2D eigenvalue weighted by Gasteiger charge is 2.15. The topological polar surface area (TPSA) is 47.6 Å². The number of nitrogens with one attached hydrogen (secondary N) is 1. The van der Waals surface area contributed by atoms with Crippen LogP contribution in [0.25, 0.3) is 0 Å². The Morgan fingerprint density at radius 3 is 2.60 bits per heavy atom. The van der Waals surface area contributed by atoms with Crippen molar-refractivity contribution >= 4 is 39.1 Å². The van der Waals surface area contributed by atoms with Crippen LogP contribution in [-0.4, -0.2) is 30.8 Å². The molecule has 1 amide bonds. The summed E-state index contributed by atoms with van der Waals surface area (Å²) in [6.45, 7) is 0. The number of hydrogen-bond donors (Lipinski definition) is 1. The maximum Gasteiger partial charge on any atom is 0.238 e. The lowest BCUT2D eigenvalue weighted by molar-refractivity contribution is -0.115. The van der Waals surface area contributed by atoms with E-state index in [1.54, 1.807) is 32.4 Å². The first kappa shape index (κ1) is 17.1. The number of rotatable bonds is 8. The van der Waals surface area contributed by atoms with Crippen LogP contribution in [0.5, 0.6) is 11.5 Å². The van der Waals surface area contributed by atoms with Crippen molar-refractivity contribution in [2.45, 2.75) is 24.1 Å². The van der Waals surface area contributed by atoms with Crippen molar-refractivity contribution in [1.82, 2.24) is 0 Å². The molecule has 1 aromatic carbocycles. The van der Waals surface area contributed by atoms with Crippen molar-refractivity contribution in [3.63, 3.8) is 0 Å². The first-order valence-electron chi connectivity index (χ1n) is 6.35. The third kappa shape index (κ3) is 5.21. The molecule has 0 unspecified atom stereocenters. The number of unbranched alkanes of at least 4 members (excludes halogenated alkanes) is 1. The maximum absolute atomic E-state index is 12.0. The van der Waals surface area contributed by atoms with Gasteiger partial charge in [0.05, 0.1) is 19.0 Å². The molecule has 0 aliphatic carbocycles. The lowest BCUT2D eigenvalue weighted by Crippen LogP contribution is -2.22. The Bertz CT molecular complexity index is 442. The van der Waals surface area contributed by atoms with Gasteiger partial charge in [0.15, 0.2) is 11.5 Å². The summed E-state index contributed by atoms with van der Waals surface area (Å²) in [5.74, 6) is 1.75. The van der Waals surface area contributed by atoms with Crippen molar-refractivity contribution in [3.05, 3.63) is 18.2 Å². The Balaban J connectivity index is 2.61. The molecule has 20 heavy (non-hydrogen) atoms. The number of benzene rings is 1. The van der Waals surface area contributed by atoms with Crippen LogP contribution in [0.1, 0.15) is 19.3 Å². The summed E-state index contributed by atoms with van der Waals surface area (Å²) in [7, 11) is 3.13. The lowest BCUT2D eigenvalue weighted by Gasteiger charge is -2.13. The Hall–Kier alpha value is -0.940. The highest BCUT2D eigenvalue weighted by atomic mass is 79.9. The molecule has 0 radical (unpaired) electrons. The van der Waals surface area contributed by atoms with E-state index in [-0.39, 0.29) is 10.7 Å². The number of anilines is 1. The summed E-state index contributed by atoms with van der Waals surface area (Å²) in [6, 6.07) is 5.26. The second-order valence-electron chi connectivity index (χ2n) is 4.21. The van der Waals surface area contributed by atoms with Gasteiger partial charge in [-0.05, 0) is 25.0 Å². The Kier molecular flexibility index (Phi) is 7.77. The number of carbonyl (C=O) groups excluding carboxylic acids is 1. The summed E-state index contributed by atoms with van der Waals surface area (Å²) in [6.07, 6.45) is 2.58. The fourth-order valence-electron chi connectivity index (χ4n) is 1.68. The molecule has 1 rings (SSSR count). The Labute approximate surface area is 132 Å². The van der Waals surface area contributed by atoms with Gasteiger partial charge < -0.3 is 14.8 Å². The van der Waals surface area contributed by atoms with Gasteiger partial charge in [-0.3, -0.25) is 4.79 Å². The number of carbonyl (C=O) groups is 1. The van der Waals surface area contributed by atoms with Crippen LogP contribution in [0, 0.1) is 0 Å². The summed E-state index contributed by atoms with van der Waals surface area (Å²) in [5.41, 5.74) is 0.675. The minimum Gasteiger partial charge on any atom is -0.493 e. The number of ether oxygens (including phenoxy) is 2. The van der Waals surface area contributed by atoms with Gasteiger partial charge >= 0.3 is 0 Å². The largest absolute Gasteiger partial charge is 0.493 e. The number of halogens is 2. The van der Waals surface area contributed by atoms with Gasteiger partial charge in [-0.1, -0.05) is 22.4 Å². The maximum atomic E-state index is 12.0. The van der Waals surface area contributed by atoms with Gasteiger partial charge in [-0.25, -0.2) is 0 Å². The summed E-state index contributed by atoms with van der Waals surface area (Å²) in [4.78, 5) is 11.8. The number of alkyl halides is 2. The van der Waals surface area contributed by atoms with Crippen LogP contribution >= 0.6 is 27.5 Å². The molecule has 1 atom stereocenters. The molecule has 0 heterocycles. The second-order valence-corrected chi connectivity index (χ2v) is 5.69. The predicted molar refractivity (Wildman–Crippen MR) is 85.5 cm³/mol. The summed E-state index contributed by atoms with van der Waals surface area (Å²) in [5, 5.41) is 2.84. The average molecular weight is 365 g/mol. The number of hydrogen-bond acceptors (Lipinski definition) is 3. The standard InChI is InChI=1S/C14H19BrClNO3/c1-19-12-7-6-10(9-13(12)20-2)17-14(18)11(15)5-3-4-8-16/h6-7,9,11H,3-5,8H2,1-2H3,(H,17,18)/t11-/m0/s1. The summed E-state index contributed by atoms with van der Waals surface area (Å²) >= 11 is 9.00. The van der Waals surface area contributed by atoms with Crippen LogP contribution in [0.2, 0.25) is 0 Å². The molecule has 1 N–H and O–H groups in total. The molecule has 1 aromatic rings. The van der Waals surface area contributed by atoms with Crippen molar-refractivity contribution in [3.8, 4) is 11.5 Å². The molecule has 0 aliphatic rings. The van der Waals surface area contributed by atoms with E-state index >= 15 is 0 Å². The molecular formula is C14H19BrClNO3. The molecular weight excluding hydrogens is 346 g/mol. The lowest BCUT2D eigenvalue weighted by atomic mass is 10.2. The number of methoxy groups -OCH3 is 2. The predicted octanol–water partition coefficient (Wildman–Crippen LogP) is 3.81. The van der Waals surface area contributed by atoms with Gasteiger partial charge in [0, 0.05) is 17.6 Å². The molecule has 0 fully saturated rings. The fourth-order valence-corrected chi connectivity index (χ4v) is 2.31. The van der Waals surface area contributed by atoms with Gasteiger partial charge in [-0.15, -0.1) is 11.6 Å². The summed E-state index contributed by atoms with van der Waals surface area (Å²) < 4.78 is 10.3. The van der Waals surface area contributed by atoms with Crippen molar-refractivity contribution in [2.75, 3.05) is 25.4 Å². The fraction of sp³-hybridized carbons (Fsp3) is 0.500. The molecule has 0 spiro atoms. The molecule has 0 bridgehead atoms. The van der Waals surface area contributed by atoms with E-state index in [4.69, 9.17) is 21.1 Å². The molecule has 0 aromatic heterocycles. The van der Waals surface area contributed by atoms with E-state index < -0.39 is 0 Å². The highest BCUT2D eigenvalue weighted by molar-refractivity contribution is 9.10. The first-order valence-corrected chi connectivity index (χ1v) is 7.80. The van der Waals surface area contributed by atoms with E-state index in [0.29, 0.717) is 23.1 Å². The van der Waals surface area contributed by atoms with E-state index in [2.05, 4.69) is 21.2 Å². The van der Waals surface area contributed by atoms with Crippen LogP contribution < -0.4 is 14.8 Å². The van der Waals surface area contributed by atoms with Gasteiger partial charge in [0.25, 0.3) is 0 Å². The second kappa shape index (κ2) is 9.08. The van der Waals surface area contributed by atoms with E-state index in [1.807, 2.05) is 0 Å². The third-order valence-electron chi connectivity index (χ3n) is 2.78. The molecule has 112 valence electrons. The minimum atomic E-state index is -0.223. The monoisotopic (exact) mass is 363 g/mol.